The van der Waals surface area contributed by atoms with E-state index in [4.69, 9.17) is 11.6 Å². The first kappa shape index (κ1) is 16.7. The molecule has 0 aliphatic heterocycles. The van der Waals surface area contributed by atoms with Crippen molar-refractivity contribution in [1.82, 2.24) is 9.97 Å². The van der Waals surface area contributed by atoms with E-state index >= 15 is 0 Å². The number of carbonyl (C=O) groups excluding carboxylic acids is 1. The van der Waals surface area contributed by atoms with E-state index in [1.165, 1.54) is 24.5 Å². The topological polar surface area (TPSA) is 95.3 Å². The fraction of sp³-hybridized carbons (Fsp3) is 0.0556. The number of aromatic nitrogens is 2. The summed E-state index contributed by atoms with van der Waals surface area (Å²) in [6.07, 6.45) is 2.88. The van der Waals surface area contributed by atoms with Gasteiger partial charge in [-0.2, -0.15) is 0 Å². The number of rotatable bonds is 3. The molecule has 3 aromatic rings. The Kier molecular flexibility index (Phi) is 4.54. The molecule has 0 spiro atoms. The van der Waals surface area contributed by atoms with Crippen molar-refractivity contribution in [2.45, 2.75) is 6.92 Å². The number of aromatic hydroxyl groups is 2. The molecule has 0 radical (unpaired) electrons. The second-order valence-electron chi connectivity index (χ2n) is 5.38. The number of nitrogens with one attached hydrogen (secondary N) is 1. The van der Waals surface area contributed by atoms with Crippen molar-refractivity contribution >= 4 is 23.3 Å². The molecule has 2 aromatic carbocycles. The third kappa shape index (κ3) is 3.54. The molecule has 0 aliphatic rings. The molecular weight excluding hydrogens is 342 g/mol. The minimum absolute atomic E-state index is 0.196. The van der Waals surface area contributed by atoms with Crippen molar-refractivity contribution in [2.75, 3.05) is 5.32 Å². The van der Waals surface area contributed by atoms with Crippen molar-refractivity contribution in [3.63, 3.8) is 0 Å². The molecule has 126 valence electrons. The van der Waals surface area contributed by atoms with Gasteiger partial charge in [-0.3, -0.25) is 9.78 Å². The fourth-order valence-corrected chi connectivity index (χ4v) is 2.54. The van der Waals surface area contributed by atoms with Crippen LogP contribution < -0.4 is 5.32 Å². The van der Waals surface area contributed by atoms with Crippen molar-refractivity contribution in [2.24, 2.45) is 0 Å². The van der Waals surface area contributed by atoms with Gasteiger partial charge in [0, 0.05) is 5.56 Å². The standard InChI is InChI=1S/C18H14ClN3O3/c1-10-6-15(23)16(24)7-12(10)14-8-21-17(9-20-14)22-18(25)11-4-2-3-5-13(11)19/h2-9,23-24H,1H3,(H,21,22,25). The normalized spacial score (nSPS) is 10.5. The number of amides is 1. The number of aryl methyl sites for hydroxylation is 1. The third-order valence-electron chi connectivity index (χ3n) is 3.61. The first-order valence-corrected chi connectivity index (χ1v) is 7.74. The predicted molar refractivity (Wildman–Crippen MR) is 94.9 cm³/mol. The molecule has 6 nitrogen and oxygen atoms in total. The van der Waals surface area contributed by atoms with Crippen LogP contribution in [-0.4, -0.2) is 26.1 Å². The Morgan fingerprint density at radius 3 is 2.48 bits per heavy atom. The zero-order valence-electron chi connectivity index (χ0n) is 13.2. The predicted octanol–water partition coefficient (Wildman–Crippen LogP) is 3.77. The summed E-state index contributed by atoms with van der Waals surface area (Å²) in [5.74, 6) is -0.545. The molecule has 3 rings (SSSR count). The fourth-order valence-electron chi connectivity index (χ4n) is 2.32. The Labute approximate surface area is 148 Å². The maximum absolute atomic E-state index is 12.2. The molecule has 0 fully saturated rings. The second-order valence-corrected chi connectivity index (χ2v) is 5.78. The highest BCUT2D eigenvalue weighted by Crippen LogP contribution is 2.32. The van der Waals surface area contributed by atoms with E-state index in [9.17, 15) is 15.0 Å². The minimum Gasteiger partial charge on any atom is -0.504 e. The Bertz CT molecular complexity index is 943. The van der Waals surface area contributed by atoms with Gasteiger partial charge in [0.15, 0.2) is 17.3 Å². The van der Waals surface area contributed by atoms with E-state index in [-0.39, 0.29) is 23.2 Å². The zero-order valence-corrected chi connectivity index (χ0v) is 13.9. The van der Waals surface area contributed by atoms with Crippen LogP contribution in [0.4, 0.5) is 5.82 Å². The lowest BCUT2D eigenvalue weighted by atomic mass is 10.1. The molecule has 1 aromatic heterocycles. The maximum Gasteiger partial charge on any atom is 0.258 e. The highest BCUT2D eigenvalue weighted by Gasteiger charge is 2.12. The van der Waals surface area contributed by atoms with E-state index < -0.39 is 0 Å². The number of anilines is 1. The lowest BCUT2D eigenvalue weighted by Gasteiger charge is -2.09. The van der Waals surface area contributed by atoms with E-state index in [1.54, 1.807) is 31.2 Å². The van der Waals surface area contributed by atoms with Crippen molar-refractivity contribution in [1.29, 1.82) is 0 Å². The van der Waals surface area contributed by atoms with Gasteiger partial charge in [0.2, 0.25) is 0 Å². The zero-order chi connectivity index (χ0) is 18.0. The number of carbonyl (C=O) groups is 1. The summed E-state index contributed by atoms with van der Waals surface area (Å²) < 4.78 is 0. The van der Waals surface area contributed by atoms with E-state index in [0.717, 1.165) is 5.56 Å². The van der Waals surface area contributed by atoms with Gasteiger partial charge < -0.3 is 15.5 Å². The molecule has 0 unspecified atom stereocenters. The summed E-state index contributed by atoms with van der Waals surface area (Å²) in [6, 6.07) is 9.56. The van der Waals surface area contributed by atoms with E-state index in [2.05, 4.69) is 15.3 Å². The quantitative estimate of drug-likeness (QED) is 0.621. The molecule has 0 aliphatic carbocycles. The molecule has 1 amide bonds. The Morgan fingerprint density at radius 1 is 1.08 bits per heavy atom. The first-order chi connectivity index (χ1) is 12.0. The number of phenols is 2. The summed E-state index contributed by atoms with van der Waals surface area (Å²) >= 11 is 5.99. The van der Waals surface area contributed by atoms with Crippen molar-refractivity contribution in [3.05, 3.63) is 64.9 Å². The highest BCUT2D eigenvalue weighted by atomic mass is 35.5. The lowest BCUT2D eigenvalue weighted by Crippen LogP contribution is -2.13. The van der Waals surface area contributed by atoms with Crippen LogP contribution in [0.25, 0.3) is 11.3 Å². The minimum atomic E-state index is -0.383. The largest absolute Gasteiger partial charge is 0.504 e. The third-order valence-corrected chi connectivity index (χ3v) is 3.94. The summed E-state index contributed by atoms with van der Waals surface area (Å²) in [7, 11) is 0. The number of hydrogen-bond donors (Lipinski definition) is 3. The van der Waals surface area contributed by atoms with Crippen LogP contribution in [-0.2, 0) is 0 Å². The summed E-state index contributed by atoms with van der Waals surface area (Å²) in [6.45, 7) is 1.78. The summed E-state index contributed by atoms with van der Waals surface area (Å²) in [4.78, 5) is 20.6. The molecule has 0 bridgehead atoms. The summed E-state index contributed by atoms with van der Waals surface area (Å²) in [5, 5.41) is 22.1. The lowest BCUT2D eigenvalue weighted by molar-refractivity contribution is 0.102. The number of phenolic OH excluding ortho intramolecular Hbond substituents is 2. The van der Waals surface area contributed by atoms with Crippen molar-refractivity contribution < 1.29 is 15.0 Å². The van der Waals surface area contributed by atoms with Gasteiger partial charge in [-0.25, -0.2) is 4.98 Å². The average molecular weight is 356 g/mol. The van der Waals surface area contributed by atoms with Crippen LogP contribution in [0.15, 0.2) is 48.8 Å². The number of hydrogen-bond acceptors (Lipinski definition) is 5. The van der Waals surface area contributed by atoms with Gasteiger partial charge in [-0.1, -0.05) is 23.7 Å². The Balaban J connectivity index is 1.82. The van der Waals surface area contributed by atoms with Gasteiger partial charge in [0.25, 0.3) is 5.91 Å². The SMILES string of the molecule is Cc1cc(O)c(O)cc1-c1cnc(NC(=O)c2ccccc2Cl)cn1. The molecule has 1 heterocycles. The average Bonchev–Trinajstić information content (AvgIpc) is 2.59. The van der Waals surface area contributed by atoms with Crippen LogP contribution in [0.2, 0.25) is 5.02 Å². The molecule has 7 heteroatoms. The van der Waals surface area contributed by atoms with Gasteiger partial charge in [0.05, 0.1) is 28.7 Å². The molecule has 0 saturated heterocycles. The van der Waals surface area contributed by atoms with Crippen LogP contribution in [0.3, 0.4) is 0 Å². The molecule has 3 N–H and O–H groups in total. The van der Waals surface area contributed by atoms with Crippen LogP contribution in [0, 0.1) is 6.92 Å². The maximum atomic E-state index is 12.2. The van der Waals surface area contributed by atoms with Crippen LogP contribution >= 0.6 is 11.6 Å². The number of nitrogens with zero attached hydrogens (tertiary/aromatic N) is 2. The van der Waals surface area contributed by atoms with Gasteiger partial charge in [-0.15, -0.1) is 0 Å². The second kappa shape index (κ2) is 6.78. The molecule has 0 atom stereocenters. The smallest absolute Gasteiger partial charge is 0.258 e. The molecule has 25 heavy (non-hydrogen) atoms. The Morgan fingerprint density at radius 2 is 1.80 bits per heavy atom. The number of halogens is 1. The van der Waals surface area contributed by atoms with Gasteiger partial charge in [0.1, 0.15) is 0 Å². The van der Waals surface area contributed by atoms with E-state index in [1.807, 2.05) is 0 Å². The van der Waals surface area contributed by atoms with Crippen LogP contribution in [0.1, 0.15) is 15.9 Å². The van der Waals surface area contributed by atoms with E-state index in [0.29, 0.717) is 21.8 Å². The van der Waals surface area contributed by atoms with Crippen molar-refractivity contribution in [3.8, 4) is 22.8 Å². The van der Waals surface area contributed by atoms with Gasteiger partial charge >= 0.3 is 0 Å². The number of benzene rings is 2. The monoisotopic (exact) mass is 355 g/mol. The molecular formula is C18H14ClN3O3. The highest BCUT2D eigenvalue weighted by molar-refractivity contribution is 6.34. The van der Waals surface area contributed by atoms with Gasteiger partial charge in [-0.05, 0) is 36.8 Å². The Hall–Kier alpha value is -3.12. The first-order valence-electron chi connectivity index (χ1n) is 7.36. The molecule has 0 saturated carbocycles. The van der Waals surface area contributed by atoms with Crippen LogP contribution in [0.5, 0.6) is 11.5 Å². The summed E-state index contributed by atoms with van der Waals surface area (Å²) in [5.41, 5.74) is 2.21.